The van der Waals surface area contributed by atoms with Crippen molar-refractivity contribution in [2.45, 2.75) is 26.5 Å². The van der Waals surface area contributed by atoms with Crippen LogP contribution in [-0.4, -0.2) is 28.5 Å². The molecule has 0 aliphatic heterocycles. The minimum absolute atomic E-state index is 0. The third-order valence-corrected chi connectivity index (χ3v) is 6.69. The van der Waals surface area contributed by atoms with Gasteiger partial charge in [0.05, 0.1) is 33.8 Å². The topological polar surface area (TPSA) is 142 Å². The van der Waals surface area contributed by atoms with Gasteiger partial charge in [-0.3, -0.25) is 5.04 Å². The first-order valence-electron chi connectivity index (χ1n) is 6.74. The number of methoxy groups -OCH3 is 1. The Labute approximate surface area is 211 Å². The van der Waals surface area contributed by atoms with Gasteiger partial charge in [-0.15, -0.1) is 0 Å². The molecule has 0 fully saturated rings. The molecule has 0 saturated heterocycles. The van der Waals surface area contributed by atoms with E-state index in [0.29, 0.717) is 22.5 Å². The Morgan fingerprint density at radius 3 is 2.07 bits per heavy atom. The summed E-state index contributed by atoms with van der Waals surface area (Å²) in [7, 11) is -7.96. The third-order valence-electron chi connectivity index (χ3n) is 3.34. The van der Waals surface area contributed by atoms with Crippen LogP contribution in [0.25, 0.3) is 0 Å². The Morgan fingerprint density at radius 1 is 0.964 bits per heavy atom. The summed E-state index contributed by atoms with van der Waals surface area (Å²) in [6, 6.07) is 6.92. The maximum atomic E-state index is 12.8. The summed E-state index contributed by atoms with van der Waals surface area (Å²) >= 11 is 0.521. The first kappa shape index (κ1) is 28.3. The SMILES string of the molecule is COc1ccc(S(=O)(=O)c2ccc(C)c(SOO[O-])c2)cc1S(=O)(=O)[O-].[Na+].[Na+]. The number of ether oxygens (including phenoxy) is 1. The number of aryl methyl sites for hydroxylation is 1. The van der Waals surface area contributed by atoms with Crippen LogP contribution in [0.15, 0.2) is 56.0 Å². The smallest absolute Gasteiger partial charge is 0.744 e. The average Bonchev–Trinajstić information content (AvgIpc) is 2.59. The zero-order valence-electron chi connectivity index (χ0n) is 15.4. The van der Waals surface area contributed by atoms with Gasteiger partial charge in [0.1, 0.15) is 15.9 Å². The normalized spacial score (nSPS) is 11.3. The first-order valence-corrected chi connectivity index (χ1v) is 10.4. The summed E-state index contributed by atoms with van der Waals surface area (Å²) in [4.78, 5) is -1.09. The molecule has 2 aromatic carbocycles. The van der Waals surface area contributed by atoms with Gasteiger partial charge in [0, 0.05) is 4.90 Å². The molecule has 0 saturated carbocycles. The van der Waals surface area contributed by atoms with E-state index in [1.807, 2.05) is 0 Å². The van der Waals surface area contributed by atoms with Crippen molar-refractivity contribution in [3.05, 3.63) is 42.0 Å². The van der Waals surface area contributed by atoms with E-state index < -0.39 is 29.7 Å². The third kappa shape index (κ3) is 6.67. The van der Waals surface area contributed by atoms with Gasteiger partial charge in [0.25, 0.3) is 0 Å². The summed E-state index contributed by atoms with van der Waals surface area (Å²) in [6.45, 7) is 1.66. The second-order valence-electron chi connectivity index (χ2n) is 4.92. The number of rotatable bonds is 7. The minimum atomic E-state index is -4.95. The summed E-state index contributed by atoms with van der Waals surface area (Å²) in [5.74, 6) is -0.264. The molecule has 0 aliphatic carbocycles. The summed E-state index contributed by atoms with van der Waals surface area (Å²) in [5, 5.41) is 13.2. The average molecular weight is 466 g/mol. The standard InChI is InChI=1S/C14H14O9S3.2Na/c1-9-3-4-10(7-13(9)24-23-22-15)25(16,17)11-5-6-12(21-2)14(8-11)26(18,19)20;;/h3-8,15H,1-2H3,(H,18,19,20);;/q;2*+1/p-2. The van der Waals surface area contributed by atoms with E-state index in [4.69, 9.17) is 4.74 Å². The molecule has 0 N–H and O–H groups in total. The van der Waals surface area contributed by atoms with Crippen molar-refractivity contribution in [1.29, 1.82) is 0 Å². The molecule has 0 atom stereocenters. The van der Waals surface area contributed by atoms with Crippen LogP contribution < -0.4 is 69.1 Å². The van der Waals surface area contributed by atoms with Gasteiger partial charge in [-0.05, 0) is 42.8 Å². The van der Waals surface area contributed by atoms with Crippen LogP contribution in [0.4, 0.5) is 0 Å². The van der Waals surface area contributed by atoms with Crippen molar-refractivity contribution in [3.63, 3.8) is 0 Å². The van der Waals surface area contributed by atoms with E-state index in [2.05, 4.69) is 9.37 Å². The molecule has 14 heteroatoms. The monoisotopic (exact) mass is 466 g/mol. The fourth-order valence-corrected chi connectivity index (χ4v) is 4.65. The van der Waals surface area contributed by atoms with Crippen molar-refractivity contribution < 1.29 is 99.9 Å². The first-order chi connectivity index (χ1) is 12.1. The zero-order valence-corrected chi connectivity index (χ0v) is 21.8. The van der Waals surface area contributed by atoms with Gasteiger partial charge >= 0.3 is 59.1 Å². The van der Waals surface area contributed by atoms with Crippen molar-refractivity contribution in [1.82, 2.24) is 0 Å². The van der Waals surface area contributed by atoms with Crippen LogP contribution in [0.1, 0.15) is 5.56 Å². The molecule has 0 bridgehead atoms. The summed E-state index contributed by atoms with van der Waals surface area (Å²) in [6.07, 6.45) is 0. The van der Waals surface area contributed by atoms with Crippen molar-refractivity contribution in [2.75, 3.05) is 7.11 Å². The Hall–Kier alpha value is 0.330. The maximum absolute atomic E-state index is 12.8. The second kappa shape index (κ2) is 11.6. The zero-order chi connectivity index (χ0) is 19.5. The predicted molar refractivity (Wildman–Crippen MR) is 85.6 cm³/mol. The molecule has 2 aromatic rings. The fourth-order valence-electron chi connectivity index (χ4n) is 2.04. The number of hydrogen-bond donors (Lipinski definition) is 0. The van der Waals surface area contributed by atoms with Gasteiger partial charge in [-0.25, -0.2) is 16.8 Å². The number of benzene rings is 2. The van der Waals surface area contributed by atoms with Crippen molar-refractivity contribution in [2.24, 2.45) is 0 Å². The van der Waals surface area contributed by atoms with E-state index in [-0.39, 0.29) is 69.8 Å². The molecule has 0 aliphatic rings. The molecule has 2 rings (SSSR count). The Balaban J connectivity index is 0.00000364. The van der Waals surface area contributed by atoms with E-state index in [9.17, 15) is 26.6 Å². The molecule has 9 nitrogen and oxygen atoms in total. The molecule has 142 valence electrons. The molecule has 28 heavy (non-hydrogen) atoms. The van der Waals surface area contributed by atoms with Crippen LogP contribution >= 0.6 is 12.0 Å². The molecular weight excluding hydrogens is 454 g/mol. The molecule has 0 spiro atoms. The molecule has 0 unspecified atom stereocenters. The predicted octanol–water partition coefficient (Wildman–Crippen LogP) is -5.02. The van der Waals surface area contributed by atoms with Crippen LogP contribution in [0.5, 0.6) is 5.75 Å². The van der Waals surface area contributed by atoms with E-state index in [1.54, 1.807) is 6.92 Å². The molecule has 0 heterocycles. The molecule has 0 aromatic heterocycles. The van der Waals surface area contributed by atoms with Gasteiger partial charge < -0.3 is 14.5 Å². The minimum Gasteiger partial charge on any atom is -0.744 e. The Kier molecular flexibility index (Phi) is 11.8. The Bertz CT molecular complexity index is 1020. The van der Waals surface area contributed by atoms with Gasteiger partial charge in [0.15, 0.2) is 0 Å². The van der Waals surface area contributed by atoms with E-state index in [1.165, 1.54) is 18.2 Å². The van der Waals surface area contributed by atoms with Crippen LogP contribution in [0.2, 0.25) is 0 Å². The van der Waals surface area contributed by atoms with E-state index in [0.717, 1.165) is 25.3 Å². The Morgan fingerprint density at radius 2 is 1.54 bits per heavy atom. The maximum Gasteiger partial charge on any atom is 1.00 e. The summed E-state index contributed by atoms with van der Waals surface area (Å²) in [5.41, 5.74) is 0.614. The number of hydrogen-bond acceptors (Lipinski definition) is 10. The molecule has 0 radical (unpaired) electrons. The van der Waals surface area contributed by atoms with Crippen LogP contribution in [0, 0.1) is 6.92 Å². The largest absolute Gasteiger partial charge is 1.00 e. The van der Waals surface area contributed by atoms with Gasteiger partial charge in [0.2, 0.25) is 9.84 Å². The quantitative estimate of drug-likeness (QED) is 0.128. The van der Waals surface area contributed by atoms with Gasteiger partial charge in [-0.1, -0.05) is 6.07 Å². The molecular formula is C14H12Na2O9S3. The van der Waals surface area contributed by atoms with Crippen LogP contribution in [-0.2, 0) is 29.3 Å². The molecule has 0 amide bonds. The van der Waals surface area contributed by atoms with Crippen molar-refractivity contribution >= 4 is 32.0 Å². The van der Waals surface area contributed by atoms with Crippen molar-refractivity contribution in [3.8, 4) is 5.75 Å². The van der Waals surface area contributed by atoms with E-state index >= 15 is 0 Å². The summed E-state index contributed by atoms with van der Waals surface area (Å²) < 4.78 is 68.6. The second-order valence-corrected chi connectivity index (χ2v) is 8.96. The number of sulfone groups is 1. The van der Waals surface area contributed by atoms with Gasteiger partial charge in [-0.2, -0.15) is 4.33 Å². The fraction of sp³-hybridized carbons (Fsp3) is 0.143. The van der Waals surface area contributed by atoms with Crippen LogP contribution in [0.3, 0.4) is 0 Å².